The van der Waals surface area contributed by atoms with Crippen LogP contribution in [-0.4, -0.2) is 44.3 Å². The molecule has 3 rings (SSSR count). The molecule has 1 amide bonds. The molecule has 21 heavy (non-hydrogen) atoms. The maximum atomic E-state index is 12.3. The van der Waals surface area contributed by atoms with Gasteiger partial charge >= 0.3 is 5.97 Å². The molecule has 0 radical (unpaired) electrons. The topological polar surface area (TPSA) is 88.6 Å². The van der Waals surface area contributed by atoms with E-state index in [0.29, 0.717) is 31.7 Å². The van der Waals surface area contributed by atoms with E-state index in [-0.39, 0.29) is 11.7 Å². The van der Waals surface area contributed by atoms with Gasteiger partial charge < -0.3 is 14.4 Å². The van der Waals surface area contributed by atoms with Gasteiger partial charge in [0.2, 0.25) is 0 Å². The van der Waals surface area contributed by atoms with E-state index in [1.807, 2.05) is 0 Å². The molecule has 0 saturated carbocycles. The number of hydrogen-bond donors (Lipinski definition) is 1. The van der Waals surface area contributed by atoms with Crippen LogP contribution >= 0.6 is 0 Å². The molecule has 2 aromatic heterocycles. The van der Waals surface area contributed by atoms with Crippen LogP contribution in [0.25, 0.3) is 0 Å². The second kappa shape index (κ2) is 5.43. The van der Waals surface area contributed by atoms with E-state index in [0.717, 1.165) is 0 Å². The average Bonchev–Trinajstić information content (AvgIpc) is 3.19. The molecule has 0 aliphatic carbocycles. The molecule has 3 heterocycles. The largest absolute Gasteiger partial charge is 0.480 e. The van der Waals surface area contributed by atoms with Gasteiger partial charge in [0.05, 0.1) is 6.54 Å². The molecule has 1 saturated heterocycles. The smallest absolute Gasteiger partial charge is 0.326 e. The van der Waals surface area contributed by atoms with Crippen molar-refractivity contribution in [2.75, 3.05) is 6.54 Å². The molecule has 0 spiro atoms. The summed E-state index contributed by atoms with van der Waals surface area (Å²) >= 11 is 0. The number of rotatable bonds is 4. The van der Waals surface area contributed by atoms with Crippen LogP contribution < -0.4 is 0 Å². The Morgan fingerprint density at radius 3 is 3.00 bits per heavy atom. The monoisotopic (exact) mass is 289 g/mol. The first kappa shape index (κ1) is 13.4. The summed E-state index contributed by atoms with van der Waals surface area (Å²) in [6.07, 6.45) is 4.65. The van der Waals surface area contributed by atoms with Gasteiger partial charge in [-0.2, -0.15) is 5.10 Å². The zero-order valence-electron chi connectivity index (χ0n) is 11.3. The van der Waals surface area contributed by atoms with Crippen molar-refractivity contribution in [1.82, 2.24) is 14.7 Å². The first-order valence-corrected chi connectivity index (χ1v) is 6.75. The third-order valence-electron chi connectivity index (χ3n) is 3.55. The Labute approximate surface area is 120 Å². The molecule has 1 atom stereocenters. The van der Waals surface area contributed by atoms with Crippen molar-refractivity contribution in [2.24, 2.45) is 0 Å². The number of hydrogen-bond acceptors (Lipinski definition) is 4. The molecule has 0 aromatic carbocycles. The van der Waals surface area contributed by atoms with Crippen LogP contribution in [0.3, 0.4) is 0 Å². The van der Waals surface area contributed by atoms with Gasteiger partial charge in [0.15, 0.2) is 5.76 Å². The van der Waals surface area contributed by atoms with E-state index in [4.69, 9.17) is 9.52 Å². The third kappa shape index (κ3) is 2.67. The highest BCUT2D eigenvalue weighted by Gasteiger charge is 2.35. The Kier molecular flexibility index (Phi) is 3.47. The Hall–Kier alpha value is -2.57. The van der Waals surface area contributed by atoms with Crippen LogP contribution in [0.1, 0.15) is 29.2 Å². The van der Waals surface area contributed by atoms with E-state index in [1.165, 1.54) is 4.90 Å². The van der Waals surface area contributed by atoms with Gasteiger partial charge in [-0.05, 0) is 31.0 Å². The van der Waals surface area contributed by atoms with Crippen molar-refractivity contribution in [3.63, 3.8) is 0 Å². The highest BCUT2D eigenvalue weighted by Crippen LogP contribution is 2.21. The number of carboxylic acids is 1. The average molecular weight is 289 g/mol. The highest BCUT2D eigenvalue weighted by atomic mass is 16.4. The molecule has 1 N–H and O–H groups in total. The normalized spacial score (nSPS) is 18.1. The molecule has 7 nitrogen and oxygen atoms in total. The molecule has 7 heteroatoms. The van der Waals surface area contributed by atoms with E-state index >= 15 is 0 Å². The van der Waals surface area contributed by atoms with Crippen LogP contribution in [0, 0.1) is 0 Å². The standard InChI is InChI=1S/C14H15N3O4/c18-13(17-8-1-3-11(17)14(19)20)12-5-4-10(21-12)9-16-7-2-6-15-16/h2,4-7,11H,1,3,8-9H2,(H,19,20)/t11-/m0/s1. The predicted octanol–water partition coefficient (Wildman–Crippen LogP) is 1.21. The number of furan rings is 1. The number of nitrogens with zero attached hydrogens (tertiary/aromatic N) is 3. The molecule has 0 bridgehead atoms. The van der Waals surface area contributed by atoms with Gasteiger partial charge in [0, 0.05) is 18.9 Å². The first-order valence-electron chi connectivity index (χ1n) is 6.75. The lowest BCUT2D eigenvalue weighted by Crippen LogP contribution is -2.40. The van der Waals surface area contributed by atoms with Crippen LogP contribution in [0.15, 0.2) is 35.0 Å². The van der Waals surface area contributed by atoms with E-state index < -0.39 is 12.0 Å². The molecule has 110 valence electrons. The van der Waals surface area contributed by atoms with Gasteiger partial charge in [-0.25, -0.2) is 4.79 Å². The number of aliphatic carboxylic acids is 1. The fraction of sp³-hybridized carbons (Fsp3) is 0.357. The van der Waals surface area contributed by atoms with Gasteiger partial charge in [-0.3, -0.25) is 9.48 Å². The quantitative estimate of drug-likeness (QED) is 0.914. The molecule has 0 unspecified atom stereocenters. The van der Waals surface area contributed by atoms with Crippen molar-refractivity contribution < 1.29 is 19.1 Å². The molecule has 1 aliphatic rings. The van der Waals surface area contributed by atoms with E-state index in [1.54, 1.807) is 35.3 Å². The van der Waals surface area contributed by atoms with Crippen molar-refractivity contribution >= 4 is 11.9 Å². The highest BCUT2D eigenvalue weighted by molar-refractivity contribution is 5.94. The summed E-state index contributed by atoms with van der Waals surface area (Å²) in [6, 6.07) is 4.34. The lowest BCUT2D eigenvalue weighted by molar-refractivity contribution is -0.141. The Balaban J connectivity index is 1.73. The number of carboxylic acid groups (broad SMARTS) is 1. The second-order valence-corrected chi connectivity index (χ2v) is 4.96. The van der Waals surface area contributed by atoms with Crippen LogP contribution in [0.2, 0.25) is 0 Å². The van der Waals surface area contributed by atoms with Gasteiger partial charge in [-0.15, -0.1) is 0 Å². The SMILES string of the molecule is O=C(O)[C@@H]1CCCN1C(=O)c1ccc(Cn2cccn2)o1. The summed E-state index contributed by atoms with van der Waals surface area (Å²) in [7, 11) is 0. The fourth-order valence-electron chi connectivity index (χ4n) is 2.54. The minimum Gasteiger partial charge on any atom is -0.480 e. The Morgan fingerprint density at radius 1 is 1.43 bits per heavy atom. The van der Waals surface area contributed by atoms with Gasteiger partial charge in [0.25, 0.3) is 5.91 Å². The van der Waals surface area contributed by atoms with Crippen molar-refractivity contribution in [3.8, 4) is 0 Å². The molecule has 2 aromatic rings. The number of carbonyl (C=O) groups is 2. The van der Waals surface area contributed by atoms with Crippen LogP contribution in [0.4, 0.5) is 0 Å². The maximum absolute atomic E-state index is 12.3. The fourth-order valence-corrected chi connectivity index (χ4v) is 2.54. The second-order valence-electron chi connectivity index (χ2n) is 4.96. The summed E-state index contributed by atoms with van der Waals surface area (Å²) in [5.74, 6) is -0.561. The lowest BCUT2D eigenvalue weighted by atomic mass is 10.2. The molecule has 1 aliphatic heterocycles. The third-order valence-corrected chi connectivity index (χ3v) is 3.55. The maximum Gasteiger partial charge on any atom is 0.326 e. The van der Waals surface area contributed by atoms with Crippen LogP contribution in [-0.2, 0) is 11.3 Å². The predicted molar refractivity (Wildman–Crippen MR) is 71.7 cm³/mol. The molecule has 1 fully saturated rings. The zero-order chi connectivity index (χ0) is 14.8. The summed E-state index contributed by atoms with van der Waals surface area (Å²) in [4.78, 5) is 24.8. The van der Waals surface area contributed by atoms with E-state index in [9.17, 15) is 9.59 Å². The zero-order valence-corrected chi connectivity index (χ0v) is 11.3. The molecular weight excluding hydrogens is 274 g/mol. The van der Waals surface area contributed by atoms with Crippen molar-refractivity contribution in [3.05, 3.63) is 42.1 Å². The minimum absolute atomic E-state index is 0.172. The summed E-state index contributed by atoms with van der Waals surface area (Å²) in [5, 5.41) is 13.2. The number of carbonyl (C=O) groups excluding carboxylic acids is 1. The lowest BCUT2D eigenvalue weighted by Gasteiger charge is -2.19. The van der Waals surface area contributed by atoms with Gasteiger partial charge in [-0.1, -0.05) is 0 Å². The van der Waals surface area contributed by atoms with Crippen molar-refractivity contribution in [2.45, 2.75) is 25.4 Å². The number of amides is 1. The Bertz CT molecular complexity index is 647. The minimum atomic E-state index is -0.968. The van der Waals surface area contributed by atoms with E-state index in [2.05, 4.69) is 5.10 Å². The Morgan fingerprint density at radius 2 is 2.29 bits per heavy atom. The first-order chi connectivity index (χ1) is 10.1. The summed E-state index contributed by atoms with van der Waals surface area (Å²) in [6.45, 7) is 0.883. The molecular formula is C14H15N3O4. The number of aromatic nitrogens is 2. The number of likely N-dealkylation sites (tertiary alicyclic amines) is 1. The van der Waals surface area contributed by atoms with Crippen molar-refractivity contribution in [1.29, 1.82) is 0 Å². The van der Waals surface area contributed by atoms with Crippen LogP contribution in [0.5, 0.6) is 0 Å². The summed E-state index contributed by atoms with van der Waals surface area (Å²) < 4.78 is 7.20. The van der Waals surface area contributed by atoms with Gasteiger partial charge in [0.1, 0.15) is 11.8 Å². The summed E-state index contributed by atoms with van der Waals surface area (Å²) in [5.41, 5.74) is 0.